The molecule has 5 rings (SSSR count). The molecule has 2 aromatic rings. The Morgan fingerprint density at radius 2 is 1.85 bits per heavy atom. The number of para-hydroxylation sites is 1. The lowest BCUT2D eigenvalue weighted by atomic mass is 10.0. The van der Waals surface area contributed by atoms with E-state index in [1.54, 1.807) is 0 Å². The zero-order valence-electron chi connectivity index (χ0n) is 14.4. The van der Waals surface area contributed by atoms with Crippen LogP contribution in [0.3, 0.4) is 0 Å². The summed E-state index contributed by atoms with van der Waals surface area (Å²) in [5, 5.41) is 0.911. The monoisotopic (exact) mass is 424 g/mol. The van der Waals surface area contributed by atoms with Gasteiger partial charge in [-0.3, -0.25) is 13.6 Å². The van der Waals surface area contributed by atoms with Crippen LogP contribution in [0.4, 0.5) is 0 Å². The van der Waals surface area contributed by atoms with Gasteiger partial charge in [0, 0.05) is 11.5 Å². The molecule has 0 amide bonds. The molecule has 4 atom stereocenters. The Bertz CT molecular complexity index is 980. The van der Waals surface area contributed by atoms with Gasteiger partial charge in [-0.25, -0.2) is 4.57 Å². The van der Waals surface area contributed by atoms with Gasteiger partial charge in [0.25, 0.3) is 6.49 Å². The fourth-order valence-electron chi connectivity index (χ4n) is 3.55. The van der Waals surface area contributed by atoms with Gasteiger partial charge < -0.3 is 9.05 Å². The largest absolute Gasteiger partial charge is 0.475 e. The molecule has 0 spiro atoms. The molecule has 142 valence electrons. The van der Waals surface area contributed by atoms with Crippen LogP contribution in [0, 0.1) is 5.92 Å². The highest BCUT2D eigenvalue weighted by molar-refractivity contribution is 8.13. The highest BCUT2D eigenvalue weighted by Crippen LogP contribution is 2.59. The molecule has 0 radical (unpaired) electrons. The Morgan fingerprint density at radius 3 is 2.74 bits per heavy atom. The topological polar surface area (TPSA) is 63.2 Å². The van der Waals surface area contributed by atoms with Gasteiger partial charge in [0.1, 0.15) is 5.75 Å². The van der Waals surface area contributed by atoms with Crippen molar-refractivity contribution in [1.29, 1.82) is 0 Å². The Balaban J connectivity index is 1.41. The minimum absolute atomic E-state index is 0.0660. The molecule has 0 aromatic heterocycles. The van der Waals surface area contributed by atoms with E-state index in [9.17, 15) is 4.57 Å². The van der Waals surface area contributed by atoms with Gasteiger partial charge in [-0.1, -0.05) is 36.4 Å². The molecule has 0 aliphatic carbocycles. The first kappa shape index (κ1) is 18.0. The van der Waals surface area contributed by atoms with E-state index in [1.165, 1.54) is 0 Å². The normalized spacial score (nSPS) is 34.2. The lowest BCUT2D eigenvalue weighted by Gasteiger charge is -2.39. The third-order valence-corrected chi connectivity index (χ3v) is 9.47. The first-order valence-electron chi connectivity index (χ1n) is 8.77. The van der Waals surface area contributed by atoms with E-state index in [4.69, 9.17) is 34.4 Å². The van der Waals surface area contributed by atoms with Crippen molar-refractivity contribution in [1.82, 2.24) is 0 Å². The zero-order valence-corrected chi connectivity index (χ0v) is 17.0. The minimum Gasteiger partial charge on any atom is -0.440 e. The van der Waals surface area contributed by atoms with Gasteiger partial charge in [0.2, 0.25) is 0 Å². The van der Waals surface area contributed by atoms with Crippen molar-refractivity contribution in [2.24, 2.45) is 5.92 Å². The molecule has 3 aliphatic rings. The molecule has 0 N–H and O–H groups in total. The predicted octanol–water partition coefficient (Wildman–Crippen LogP) is 4.26. The molecule has 0 saturated carbocycles. The van der Waals surface area contributed by atoms with Crippen LogP contribution in [0.5, 0.6) is 5.75 Å². The van der Waals surface area contributed by atoms with Gasteiger partial charge in [-0.15, -0.1) is 0 Å². The minimum atomic E-state index is -3.37. The van der Waals surface area contributed by atoms with Crippen LogP contribution in [0.1, 0.15) is 6.42 Å². The smallest absolute Gasteiger partial charge is 0.440 e. The standard InChI is InChI=1S/C18H18O6P2S/c19-26-20-10-9-16(24-26)13(12-22-26)11-21-25(27)18-8-4-2-6-15(18)14-5-1-3-7-17(14)23-25/h1-8,13,16H,9-12H2. The zero-order chi connectivity index (χ0) is 18.5. The second kappa shape index (κ2) is 6.78. The summed E-state index contributed by atoms with van der Waals surface area (Å²) in [4.78, 5) is 0. The van der Waals surface area contributed by atoms with Crippen LogP contribution in [0.15, 0.2) is 48.5 Å². The molecular formula is C18H18O6P2S. The summed E-state index contributed by atoms with van der Waals surface area (Å²) in [6.07, 6.45) is 0.442. The number of fused-ring (bicyclic) bond motifs is 5. The summed E-state index contributed by atoms with van der Waals surface area (Å²) in [5.41, 5.74) is 2.07. The van der Waals surface area contributed by atoms with Gasteiger partial charge in [0.05, 0.1) is 31.2 Å². The number of phosphoric ester groups is 1. The summed E-state index contributed by atoms with van der Waals surface area (Å²) in [6.45, 7) is -1.79. The van der Waals surface area contributed by atoms with Crippen molar-refractivity contribution in [2.75, 3.05) is 19.8 Å². The summed E-state index contributed by atoms with van der Waals surface area (Å²) in [7, 11) is -3.37. The maximum Gasteiger partial charge on any atom is 0.475 e. The van der Waals surface area contributed by atoms with E-state index in [0.717, 1.165) is 22.2 Å². The van der Waals surface area contributed by atoms with Crippen LogP contribution in [-0.4, -0.2) is 25.9 Å². The maximum atomic E-state index is 12.1. The lowest BCUT2D eigenvalue weighted by Crippen LogP contribution is -2.39. The third kappa shape index (κ3) is 3.22. The van der Waals surface area contributed by atoms with Crippen LogP contribution in [-0.2, 0) is 34.5 Å². The molecule has 3 aliphatic heterocycles. The predicted molar refractivity (Wildman–Crippen MR) is 105 cm³/mol. The van der Waals surface area contributed by atoms with Gasteiger partial charge >= 0.3 is 7.82 Å². The second-order valence-corrected chi connectivity index (χ2v) is 11.6. The molecule has 6 nitrogen and oxygen atoms in total. The van der Waals surface area contributed by atoms with Crippen molar-refractivity contribution in [3.63, 3.8) is 0 Å². The fourth-order valence-corrected chi connectivity index (χ4v) is 7.81. The van der Waals surface area contributed by atoms with Crippen molar-refractivity contribution in [3.8, 4) is 16.9 Å². The summed E-state index contributed by atoms with van der Waals surface area (Å²) >= 11 is 5.89. The van der Waals surface area contributed by atoms with Gasteiger partial charge in [-0.05, 0) is 35.9 Å². The Labute approximate surface area is 162 Å². The quantitative estimate of drug-likeness (QED) is 0.683. The summed E-state index contributed by atoms with van der Waals surface area (Å²) in [5.74, 6) is 0.676. The van der Waals surface area contributed by atoms with Crippen molar-refractivity contribution in [3.05, 3.63) is 48.5 Å². The third-order valence-electron chi connectivity index (χ3n) is 4.94. The lowest BCUT2D eigenvalue weighted by molar-refractivity contribution is -0.0615. The summed E-state index contributed by atoms with van der Waals surface area (Å²) in [6, 6.07) is 15.8. The van der Waals surface area contributed by atoms with E-state index in [2.05, 4.69) is 0 Å². The van der Waals surface area contributed by atoms with E-state index in [0.29, 0.717) is 19.6 Å². The SMILES string of the molecule is O=P12OCCC(O1)C(COP1(=S)Oc3ccccc3-c3ccccc31)CO2. The van der Waals surface area contributed by atoms with Gasteiger partial charge in [-0.2, -0.15) is 0 Å². The van der Waals surface area contributed by atoms with E-state index in [1.807, 2.05) is 48.5 Å². The number of benzene rings is 2. The van der Waals surface area contributed by atoms with E-state index in [-0.39, 0.29) is 18.6 Å². The number of hydrogen-bond donors (Lipinski definition) is 0. The highest BCUT2D eigenvalue weighted by atomic mass is 32.5. The van der Waals surface area contributed by atoms with Crippen LogP contribution >= 0.6 is 14.3 Å². The average Bonchev–Trinajstić information content (AvgIpc) is 2.68. The Hall–Kier alpha value is -1.04. The fraction of sp³-hybridized carbons (Fsp3) is 0.333. The highest BCUT2D eigenvalue weighted by Gasteiger charge is 2.45. The Kier molecular flexibility index (Phi) is 4.53. The second-order valence-electron chi connectivity index (χ2n) is 6.67. The molecule has 2 saturated heterocycles. The molecule has 9 heteroatoms. The molecule has 27 heavy (non-hydrogen) atoms. The number of hydrogen-bond acceptors (Lipinski definition) is 7. The van der Waals surface area contributed by atoms with Crippen molar-refractivity contribution >= 4 is 31.4 Å². The maximum absolute atomic E-state index is 12.1. The first-order valence-corrected chi connectivity index (χ1v) is 12.9. The van der Waals surface area contributed by atoms with Gasteiger partial charge in [0.15, 0.2) is 0 Å². The van der Waals surface area contributed by atoms with Crippen LogP contribution < -0.4 is 9.83 Å². The number of rotatable bonds is 3. The first-order chi connectivity index (χ1) is 13.1. The van der Waals surface area contributed by atoms with E-state index >= 15 is 0 Å². The van der Waals surface area contributed by atoms with Crippen molar-refractivity contribution < 1.29 is 27.2 Å². The molecule has 4 unspecified atom stereocenters. The average molecular weight is 424 g/mol. The van der Waals surface area contributed by atoms with Crippen molar-refractivity contribution in [2.45, 2.75) is 12.5 Å². The molecule has 2 bridgehead atoms. The Morgan fingerprint density at radius 1 is 1.07 bits per heavy atom. The molecule has 2 fully saturated rings. The number of phosphoric acid groups is 1. The summed E-state index contributed by atoms with van der Waals surface area (Å²) < 4.78 is 40.5. The molecule has 3 heterocycles. The molecule has 2 aromatic carbocycles. The molecular weight excluding hydrogens is 406 g/mol. The van der Waals surface area contributed by atoms with E-state index < -0.39 is 14.3 Å². The van der Waals surface area contributed by atoms with Crippen LogP contribution in [0.25, 0.3) is 11.1 Å². The van der Waals surface area contributed by atoms with Crippen LogP contribution in [0.2, 0.25) is 0 Å².